The lowest BCUT2D eigenvalue weighted by molar-refractivity contribution is 0.386. The van der Waals surface area contributed by atoms with Crippen LogP contribution in [0.2, 0.25) is 0 Å². The highest BCUT2D eigenvalue weighted by atomic mass is 127. The molecular weight excluding hydrogens is 336 g/mol. The molecule has 0 unspecified atom stereocenters. The van der Waals surface area contributed by atoms with Gasteiger partial charge in [0.15, 0.2) is 17.4 Å². The van der Waals surface area contributed by atoms with Gasteiger partial charge in [-0.25, -0.2) is 14.4 Å². The number of rotatable bonds is 2. The number of nitrogens with two attached hydrogens (primary N) is 1. The number of nitrogen functional groups attached to an aromatic ring is 1. The minimum absolute atomic E-state index is 0.201. The molecule has 17 heavy (non-hydrogen) atoms. The van der Waals surface area contributed by atoms with Crippen LogP contribution in [0.4, 0.5) is 10.2 Å². The molecule has 0 radical (unpaired) electrons. The van der Waals surface area contributed by atoms with Crippen molar-refractivity contribution in [3.8, 4) is 17.0 Å². The smallest absolute Gasteiger partial charge is 0.165 e. The predicted molar refractivity (Wildman–Crippen MR) is 71.1 cm³/mol. The molecule has 0 aliphatic carbocycles. The first-order valence-electron chi connectivity index (χ1n) is 4.73. The molecule has 1 aromatic carbocycles. The van der Waals surface area contributed by atoms with Crippen LogP contribution in [0.5, 0.6) is 5.75 Å². The van der Waals surface area contributed by atoms with E-state index in [9.17, 15) is 4.39 Å². The third-order valence-electron chi connectivity index (χ3n) is 2.20. The summed E-state index contributed by atoms with van der Waals surface area (Å²) in [7, 11) is 1.42. The molecule has 0 atom stereocenters. The van der Waals surface area contributed by atoms with Gasteiger partial charge in [0.25, 0.3) is 0 Å². The average molecular weight is 345 g/mol. The van der Waals surface area contributed by atoms with Crippen LogP contribution in [0.25, 0.3) is 11.3 Å². The van der Waals surface area contributed by atoms with Crippen molar-refractivity contribution in [2.75, 3.05) is 12.8 Å². The highest BCUT2D eigenvalue weighted by Crippen LogP contribution is 2.24. The van der Waals surface area contributed by atoms with Crippen LogP contribution < -0.4 is 10.5 Å². The molecule has 2 aromatic rings. The van der Waals surface area contributed by atoms with Crippen LogP contribution in [-0.4, -0.2) is 17.1 Å². The van der Waals surface area contributed by atoms with Crippen LogP contribution in [-0.2, 0) is 0 Å². The molecule has 2 N–H and O–H groups in total. The van der Waals surface area contributed by atoms with Gasteiger partial charge < -0.3 is 10.5 Å². The molecule has 6 heteroatoms. The van der Waals surface area contributed by atoms with Crippen molar-refractivity contribution >= 4 is 28.4 Å². The number of nitrogens with zero attached hydrogens (tertiary/aromatic N) is 2. The Morgan fingerprint density at radius 1 is 1.41 bits per heavy atom. The molecule has 1 aromatic heterocycles. The second-order valence-corrected chi connectivity index (χ2v) is 4.30. The molecule has 0 amide bonds. The molecule has 2 rings (SSSR count). The fourth-order valence-corrected chi connectivity index (χ4v) is 1.74. The van der Waals surface area contributed by atoms with Gasteiger partial charge in [0.1, 0.15) is 3.70 Å². The Kier molecular flexibility index (Phi) is 3.41. The molecule has 0 saturated heterocycles. The van der Waals surface area contributed by atoms with Crippen LogP contribution in [0.3, 0.4) is 0 Å². The molecule has 0 spiro atoms. The van der Waals surface area contributed by atoms with Crippen molar-refractivity contribution in [1.82, 2.24) is 9.97 Å². The zero-order chi connectivity index (χ0) is 12.4. The topological polar surface area (TPSA) is 61.0 Å². The summed E-state index contributed by atoms with van der Waals surface area (Å²) < 4.78 is 19.0. The van der Waals surface area contributed by atoms with Gasteiger partial charge in [0.05, 0.1) is 19.0 Å². The lowest BCUT2D eigenvalue weighted by Gasteiger charge is -2.05. The standard InChI is InChI=1S/C11H9FIN3O/c1-17-9-3-2-6(4-7(9)12)8-5-15-11(14)10(13)16-8/h2-5H,1H3,(H2,14,15). The molecular formula is C11H9FIN3O. The van der Waals surface area contributed by atoms with Crippen LogP contribution in [0, 0.1) is 9.52 Å². The summed E-state index contributed by atoms with van der Waals surface area (Å²) in [6.45, 7) is 0. The third kappa shape index (κ3) is 2.46. The van der Waals surface area contributed by atoms with E-state index in [1.165, 1.54) is 19.4 Å². The minimum Gasteiger partial charge on any atom is -0.494 e. The lowest BCUT2D eigenvalue weighted by Crippen LogP contribution is -1.98. The number of methoxy groups -OCH3 is 1. The second kappa shape index (κ2) is 4.82. The van der Waals surface area contributed by atoms with Crippen molar-refractivity contribution in [3.63, 3.8) is 0 Å². The summed E-state index contributed by atoms with van der Waals surface area (Å²) in [6, 6.07) is 4.63. The van der Waals surface area contributed by atoms with Gasteiger partial charge in [-0.2, -0.15) is 0 Å². The number of ether oxygens (including phenoxy) is 1. The fraction of sp³-hybridized carbons (Fsp3) is 0.0909. The van der Waals surface area contributed by atoms with Gasteiger partial charge in [0, 0.05) is 5.56 Å². The normalized spacial score (nSPS) is 10.3. The summed E-state index contributed by atoms with van der Waals surface area (Å²) in [5.74, 6) is 0.133. The van der Waals surface area contributed by atoms with E-state index in [0.717, 1.165) is 0 Å². The Morgan fingerprint density at radius 3 is 2.76 bits per heavy atom. The Labute approximate surface area is 111 Å². The van der Waals surface area contributed by atoms with E-state index in [4.69, 9.17) is 10.5 Å². The lowest BCUT2D eigenvalue weighted by atomic mass is 10.1. The Morgan fingerprint density at radius 2 is 2.18 bits per heavy atom. The quantitative estimate of drug-likeness (QED) is 0.850. The van der Waals surface area contributed by atoms with Crippen LogP contribution in [0.1, 0.15) is 0 Å². The first-order valence-corrected chi connectivity index (χ1v) is 5.81. The van der Waals surface area contributed by atoms with E-state index in [1.54, 1.807) is 12.1 Å². The average Bonchev–Trinajstić information content (AvgIpc) is 2.32. The zero-order valence-electron chi connectivity index (χ0n) is 8.95. The summed E-state index contributed by atoms with van der Waals surface area (Å²) in [5.41, 5.74) is 6.77. The molecule has 4 nitrogen and oxygen atoms in total. The van der Waals surface area contributed by atoms with Gasteiger partial charge in [0.2, 0.25) is 0 Å². The highest BCUT2D eigenvalue weighted by molar-refractivity contribution is 14.1. The van der Waals surface area contributed by atoms with E-state index < -0.39 is 5.82 Å². The van der Waals surface area contributed by atoms with Crippen LogP contribution in [0.15, 0.2) is 24.4 Å². The number of hydrogen-bond acceptors (Lipinski definition) is 4. The Bertz CT molecular complexity index is 562. The monoisotopic (exact) mass is 345 g/mol. The van der Waals surface area contributed by atoms with Crippen molar-refractivity contribution in [2.24, 2.45) is 0 Å². The van der Waals surface area contributed by atoms with Gasteiger partial charge in [-0.15, -0.1) is 0 Å². The summed E-state index contributed by atoms with van der Waals surface area (Å²) in [6.07, 6.45) is 1.51. The predicted octanol–water partition coefficient (Wildman–Crippen LogP) is 2.48. The van der Waals surface area contributed by atoms with Gasteiger partial charge in [-0.05, 0) is 40.8 Å². The van der Waals surface area contributed by atoms with Crippen molar-refractivity contribution in [2.45, 2.75) is 0 Å². The second-order valence-electron chi connectivity index (χ2n) is 3.28. The first kappa shape index (κ1) is 12.0. The largest absolute Gasteiger partial charge is 0.494 e. The number of aromatic nitrogens is 2. The fourth-order valence-electron chi connectivity index (χ4n) is 1.34. The van der Waals surface area contributed by atoms with E-state index >= 15 is 0 Å². The van der Waals surface area contributed by atoms with E-state index in [1.807, 2.05) is 22.6 Å². The SMILES string of the molecule is COc1ccc(-c2cnc(N)c(I)n2)cc1F. The van der Waals surface area contributed by atoms with E-state index in [0.29, 0.717) is 20.8 Å². The number of benzene rings is 1. The van der Waals surface area contributed by atoms with E-state index in [-0.39, 0.29) is 5.75 Å². The van der Waals surface area contributed by atoms with Crippen molar-refractivity contribution in [1.29, 1.82) is 0 Å². The molecule has 88 valence electrons. The maximum atomic E-state index is 13.5. The van der Waals surface area contributed by atoms with Gasteiger partial charge in [-0.3, -0.25) is 0 Å². The van der Waals surface area contributed by atoms with Crippen molar-refractivity contribution in [3.05, 3.63) is 33.9 Å². The molecule has 0 aliphatic heterocycles. The Balaban J connectivity index is 2.46. The minimum atomic E-state index is -0.432. The van der Waals surface area contributed by atoms with E-state index in [2.05, 4.69) is 9.97 Å². The summed E-state index contributed by atoms with van der Waals surface area (Å²) in [5, 5.41) is 0. The van der Waals surface area contributed by atoms with Gasteiger partial charge in [-0.1, -0.05) is 0 Å². The highest BCUT2D eigenvalue weighted by Gasteiger charge is 2.08. The number of hydrogen-bond donors (Lipinski definition) is 1. The maximum absolute atomic E-state index is 13.5. The maximum Gasteiger partial charge on any atom is 0.165 e. The Hall–Kier alpha value is -1.44. The first-order chi connectivity index (χ1) is 8.11. The third-order valence-corrected chi connectivity index (χ3v) is 3.00. The molecule has 1 heterocycles. The molecule has 0 aliphatic rings. The van der Waals surface area contributed by atoms with Gasteiger partial charge >= 0.3 is 0 Å². The molecule has 0 saturated carbocycles. The summed E-state index contributed by atoms with van der Waals surface area (Å²) >= 11 is 1.98. The molecule has 0 bridgehead atoms. The zero-order valence-corrected chi connectivity index (χ0v) is 11.1. The van der Waals surface area contributed by atoms with Crippen LogP contribution >= 0.6 is 22.6 Å². The molecule has 0 fully saturated rings. The van der Waals surface area contributed by atoms with Crippen molar-refractivity contribution < 1.29 is 9.13 Å². The number of halogens is 2. The number of anilines is 1. The summed E-state index contributed by atoms with van der Waals surface area (Å²) in [4.78, 5) is 8.21.